The first-order valence-electron chi connectivity index (χ1n) is 4.40. The van der Waals surface area contributed by atoms with Crippen molar-refractivity contribution < 1.29 is 0 Å². The topological polar surface area (TPSA) is 95.4 Å². The third-order valence-electron chi connectivity index (χ3n) is 1.66. The van der Waals surface area contributed by atoms with Gasteiger partial charge in [0.15, 0.2) is 0 Å². The van der Waals surface area contributed by atoms with Crippen molar-refractivity contribution in [2.75, 3.05) is 0 Å². The number of rotatable bonds is 0. The molecule has 0 saturated heterocycles. The maximum absolute atomic E-state index is 5.62. The van der Waals surface area contributed by atoms with E-state index in [0.717, 1.165) is 0 Å². The number of fused-ring (bicyclic) bond motifs is 1. The van der Waals surface area contributed by atoms with Crippen molar-refractivity contribution in [1.82, 2.24) is 0 Å². The van der Waals surface area contributed by atoms with Crippen LogP contribution in [-0.4, -0.2) is 12.0 Å². The van der Waals surface area contributed by atoms with Crippen LogP contribution in [0.4, 0.5) is 0 Å². The molecule has 80 valence electrons. The standard InChI is InChI=1S/C10H8.2CH2N2/c1-2-6-10-8-4-3-7-9(10)5-1;2*2-1-3/h1-8H;2*2-3H. The predicted molar refractivity (Wildman–Crippen MR) is 64.8 cm³/mol. The van der Waals surface area contributed by atoms with Crippen LogP contribution in [0.25, 0.3) is 10.8 Å². The molecule has 0 atom stereocenters. The van der Waals surface area contributed by atoms with Crippen LogP contribution in [0.15, 0.2) is 48.5 Å². The molecule has 4 heteroatoms. The summed E-state index contributed by atoms with van der Waals surface area (Å²) >= 11 is 0. The summed E-state index contributed by atoms with van der Waals surface area (Å²) in [5.74, 6) is 0. The van der Waals surface area contributed by atoms with E-state index in [1.807, 2.05) is 0 Å². The van der Waals surface area contributed by atoms with Crippen LogP contribution >= 0.6 is 0 Å². The van der Waals surface area contributed by atoms with Gasteiger partial charge in [-0.25, -0.2) is 21.6 Å². The van der Waals surface area contributed by atoms with E-state index in [1.165, 1.54) is 22.8 Å². The van der Waals surface area contributed by atoms with E-state index in [4.69, 9.17) is 21.6 Å². The van der Waals surface area contributed by atoms with Gasteiger partial charge >= 0.3 is 0 Å². The average Bonchev–Trinajstić information content (AvgIpc) is 2.31. The zero-order valence-electron chi connectivity index (χ0n) is 8.62. The Bertz CT molecular complexity index is 416. The summed E-state index contributed by atoms with van der Waals surface area (Å²) < 4.78 is 0. The Hall–Kier alpha value is -2.54. The molecule has 0 saturated carbocycles. The van der Waals surface area contributed by atoms with Crippen LogP contribution in [0.3, 0.4) is 0 Å². The molecule has 0 aliphatic rings. The van der Waals surface area contributed by atoms with Crippen molar-refractivity contribution >= 4 is 22.8 Å². The van der Waals surface area contributed by atoms with Gasteiger partial charge in [0, 0.05) is 0 Å². The van der Waals surface area contributed by atoms with Crippen molar-refractivity contribution in [3.05, 3.63) is 48.5 Å². The molecule has 0 aliphatic heterocycles. The number of hydrogen-bond acceptors (Lipinski definition) is 4. The lowest BCUT2D eigenvalue weighted by Gasteiger charge is -1.92. The molecule has 0 unspecified atom stereocenters. The molecule has 2 aromatic rings. The van der Waals surface area contributed by atoms with Gasteiger partial charge < -0.3 is 0 Å². The molecule has 0 spiro atoms. The first kappa shape index (κ1) is 13.5. The maximum atomic E-state index is 5.62. The molecule has 2 rings (SSSR count). The van der Waals surface area contributed by atoms with Gasteiger partial charge in [0.2, 0.25) is 0 Å². The fourth-order valence-electron chi connectivity index (χ4n) is 1.13. The summed E-state index contributed by atoms with van der Waals surface area (Å²) in [5, 5.41) is 25.1. The highest BCUT2D eigenvalue weighted by atomic mass is 14.4. The van der Waals surface area contributed by atoms with Crippen molar-refractivity contribution in [2.45, 2.75) is 0 Å². The Balaban J connectivity index is 0.000000321. The minimum absolute atomic E-state index is 1.25. The fraction of sp³-hybridized carbons (Fsp3) is 0. The zero-order chi connectivity index (χ0) is 12.2. The Kier molecular flexibility index (Phi) is 7.60. The molecule has 16 heavy (non-hydrogen) atoms. The van der Waals surface area contributed by atoms with Gasteiger partial charge in [-0.3, -0.25) is 0 Å². The van der Waals surface area contributed by atoms with Gasteiger partial charge in [0.1, 0.15) is 0 Å². The van der Waals surface area contributed by atoms with Crippen LogP contribution < -0.4 is 0 Å². The number of nitrogens with one attached hydrogen (secondary N) is 4. The Morgan fingerprint density at radius 3 is 0.938 bits per heavy atom. The second-order valence-electron chi connectivity index (χ2n) is 2.60. The SMILES string of the molecule is N=C=N.N=C=N.c1ccc2ccccc2c1. The van der Waals surface area contributed by atoms with E-state index in [1.54, 1.807) is 0 Å². The zero-order valence-corrected chi connectivity index (χ0v) is 8.62. The van der Waals surface area contributed by atoms with Gasteiger partial charge in [-0.15, -0.1) is 0 Å². The van der Waals surface area contributed by atoms with Crippen molar-refractivity contribution in [3.63, 3.8) is 0 Å². The summed E-state index contributed by atoms with van der Waals surface area (Å²) in [6.45, 7) is 0. The van der Waals surface area contributed by atoms with E-state index >= 15 is 0 Å². The van der Waals surface area contributed by atoms with Crippen LogP contribution in [0.5, 0.6) is 0 Å². The normalized spacial score (nSPS) is 7.25. The first-order chi connectivity index (χ1) is 7.79. The minimum atomic E-state index is 1.25. The minimum Gasteiger partial charge on any atom is -0.242 e. The largest absolute Gasteiger partial charge is 0.242 e. The lowest BCUT2D eigenvalue weighted by atomic mass is 10.1. The van der Waals surface area contributed by atoms with E-state index in [0.29, 0.717) is 0 Å². The molecule has 4 N–H and O–H groups in total. The molecule has 4 nitrogen and oxygen atoms in total. The third-order valence-corrected chi connectivity index (χ3v) is 1.66. The molecule has 0 aromatic heterocycles. The summed E-state index contributed by atoms with van der Waals surface area (Å²) in [6.07, 6.45) is 0. The van der Waals surface area contributed by atoms with Gasteiger partial charge in [0.25, 0.3) is 0 Å². The molecule has 0 aliphatic carbocycles. The first-order valence-corrected chi connectivity index (χ1v) is 4.40. The van der Waals surface area contributed by atoms with Crippen molar-refractivity contribution in [3.8, 4) is 0 Å². The quantitative estimate of drug-likeness (QED) is 0.481. The van der Waals surface area contributed by atoms with Crippen molar-refractivity contribution in [2.24, 2.45) is 0 Å². The average molecular weight is 212 g/mol. The third kappa shape index (κ3) is 5.25. The highest BCUT2D eigenvalue weighted by Gasteiger charge is 1.85. The van der Waals surface area contributed by atoms with Crippen LogP contribution in [0.2, 0.25) is 0 Å². The molecule has 0 heterocycles. The van der Waals surface area contributed by atoms with E-state index in [9.17, 15) is 0 Å². The van der Waals surface area contributed by atoms with Crippen LogP contribution in [0.1, 0.15) is 0 Å². The van der Waals surface area contributed by atoms with Crippen LogP contribution in [-0.2, 0) is 0 Å². The smallest absolute Gasteiger partial charge is 0.0831 e. The molecular formula is C12H12N4. The van der Waals surface area contributed by atoms with E-state index in [-0.39, 0.29) is 0 Å². The summed E-state index contributed by atoms with van der Waals surface area (Å²) in [4.78, 5) is 0. The predicted octanol–water partition coefficient (Wildman–Crippen LogP) is 3.48. The monoisotopic (exact) mass is 212 g/mol. The Morgan fingerprint density at radius 1 is 0.562 bits per heavy atom. The Labute approximate surface area is 93.6 Å². The highest BCUT2D eigenvalue weighted by Crippen LogP contribution is 2.11. The van der Waals surface area contributed by atoms with Crippen molar-refractivity contribution in [1.29, 1.82) is 21.6 Å². The molecule has 0 amide bonds. The van der Waals surface area contributed by atoms with Gasteiger partial charge in [-0.05, 0) is 10.8 Å². The van der Waals surface area contributed by atoms with E-state index < -0.39 is 0 Å². The highest BCUT2D eigenvalue weighted by molar-refractivity contribution is 5.81. The molecular weight excluding hydrogens is 200 g/mol. The van der Waals surface area contributed by atoms with E-state index in [2.05, 4.69) is 48.5 Å². The number of benzene rings is 2. The lowest BCUT2D eigenvalue weighted by Crippen LogP contribution is -1.67. The van der Waals surface area contributed by atoms with Crippen LogP contribution in [0, 0.1) is 21.6 Å². The lowest BCUT2D eigenvalue weighted by molar-refractivity contribution is 1.47. The fourth-order valence-corrected chi connectivity index (χ4v) is 1.13. The maximum Gasteiger partial charge on any atom is 0.0831 e. The molecule has 2 aromatic carbocycles. The summed E-state index contributed by atoms with van der Waals surface area (Å²) in [7, 11) is 0. The molecule has 0 radical (unpaired) electrons. The second kappa shape index (κ2) is 9.03. The van der Waals surface area contributed by atoms with Gasteiger partial charge in [-0.2, -0.15) is 0 Å². The summed E-state index contributed by atoms with van der Waals surface area (Å²) in [6, 6.07) is 19.2. The Morgan fingerprint density at radius 2 is 0.750 bits per heavy atom. The second-order valence-corrected chi connectivity index (χ2v) is 2.60. The summed E-state index contributed by atoms with van der Waals surface area (Å²) in [5.41, 5.74) is 0. The van der Waals surface area contributed by atoms with Gasteiger partial charge in [0.05, 0.1) is 12.0 Å². The molecule has 0 bridgehead atoms. The van der Waals surface area contributed by atoms with Gasteiger partial charge in [-0.1, -0.05) is 48.5 Å². The number of hydrogen-bond donors (Lipinski definition) is 4. The molecule has 0 fully saturated rings.